The third-order valence-corrected chi connectivity index (χ3v) is 5.61. The highest BCUT2D eigenvalue weighted by Gasteiger charge is 2.23. The average Bonchev–Trinajstić information content (AvgIpc) is 3.04. The monoisotopic (exact) mass is 412 g/mol. The van der Waals surface area contributed by atoms with Crippen LogP contribution in [0, 0.1) is 6.92 Å². The molecule has 0 spiro atoms. The van der Waals surface area contributed by atoms with E-state index in [0.29, 0.717) is 16.2 Å². The number of carboxylic acids is 2. The van der Waals surface area contributed by atoms with Crippen molar-refractivity contribution in [1.29, 1.82) is 0 Å². The van der Waals surface area contributed by atoms with Gasteiger partial charge in [-0.1, -0.05) is 42.5 Å². The molecule has 0 bridgehead atoms. The highest BCUT2D eigenvalue weighted by molar-refractivity contribution is 7.18. The van der Waals surface area contributed by atoms with Crippen LogP contribution < -0.4 is 9.47 Å². The Hall–Kier alpha value is -3.32. The van der Waals surface area contributed by atoms with Crippen LogP contribution in [0.1, 0.15) is 33.8 Å². The van der Waals surface area contributed by atoms with Crippen molar-refractivity contribution in [1.82, 2.24) is 0 Å². The van der Waals surface area contributed by atoms with Gasteiger partial charge < -0.3 is 19.7 Å². The zero-order valence-corrected chi connectivity index (χ0v) is 16.7. The Balaban J connectivity index is 1.91. The molecule has 0 radical (unpaired) electrons. The number of ether oxygens (including phenoxy) is 2. The number of thiophene rings is 1. The summed E-state index contributed by atoms with van der Waals surface area (Å²) in [5.74, 6) is -1.59. The van der Waals surface area contributed by atoms with E-state index in [4.69, 9.17) is 14.6 Å². The van der Waals surface area contributed by atoms with E-state index < -0.39 is 18.5 Å². The first kappa shape index (κ1) is 20.4. The first-order valence-corrected chi connectivity index (χ1v) is 9.71. The van der Waals surface area contributed by atoms with Crippen LogP contribution in [0.15, 0.2) is 54.6 Å². The van der Waals surface area contributed by atoms with Gasteiger partial charge in [-0.3, -0.25) is 0 Å². The lowest BCUT2D eigenvalue weighted by molar-refractivity contribution is -0.139. The van der Waals surface area contributed by atoms with E-state index in [2.05, 4.69) is 0 Å². The van der Waals surface area contributed by atoms with Crippen LogP contribution in [0.2, 0.25) is 0 Å². The van der Waals surface area contributed by atoms with Gasteiger partial charge in [-0.2, -0.15) is 0 Å². The zero-order valence-electron chi connectivity index (χ0n) is 15.9. The molecule has 0 saturated heterocycles. The summed E-state index contributed by atoms with van der Waals surface area (Å²) in [6, 6.07) is 17.2. The predicted molar refractivity (Wildman–Crippen MR) is 110 cm³/mol. The molecule has 3 aromatic rings. The van der Waals surface area contributed by atoms with Crippen LogP contribution in [0.4, 0.5) is 0 Å². The Bertz CT molecular complexity index is 1030. The number of aromatic carboxylic acids is 1. The Morgan fingerprint density at radius 1 is 1.07 bits per heavy atom. The Morgan fingerprint density at radius 3 is 2.45 bits per heavy atom. The number of carboxylic acid groups (broad SMARTS) is 2. The van der Waals surface area contributed by atoms with E-state index in [1.54, 1.807) is 6.92 Å². The van der Waals surface area contributed by atoms with Gasteiger partial charge in [0.25, 0.3) is 0 Å². The predicted octanol–water partition coefficient (Wildman–Crippen LogP) is 5.03. The number of carbonyl (C=O) groups is 2. The summed E-state index contributed by atoms with van der Waals surface area (Å²) < 4.78 is 11.3. The van der Waals surface area contributed by atoms with Crippen LogP contribution in [0.5, 0.6) is 11.5 Å². The molecule has 7 heteroatoms. The number of rotatable bonds is 8. The third kappa shape index (κ3) is 4.75. The topological polar surface area (TPSA) is 93.1 Å². The third-order valence-electron chi connectivity index (χ3n) is 4.30. The fourth-order valence-corrected chi connectivity index (χ4v) is 4.02. The van der Waals surface area contributed by atoms with E-state index >= 15 is 0 Å². The average molecular weight is 412 g/mol. The van der Waals surface area contributed by atoms with Crippen molar-refractivity contribution in [2.45, 2.75) is 20.0 Å². The second-order valence-corrected chi connectivity index (χ2v) is 7.42. The van der Waals surface area contributed by atoms with Crippen molar-refractivity contribution < 1.29 is 29.3 Å². The molecular formula is C22H20O6S. The largest absolute Gasteiger partial charge is 0.486 e. The van der Waals surface area contributed by atoms with Crippen molar-refractivity contribution in [2.75, 3.05) is 6.61 Å². The minimum atomic E-state index is -1.17. The molecule has 1 unspecified atom stereocenters. The van der Waals surface area contributed by atoms with Gasteiger partial charge in [-0.25, -0.2) is 9.59 Å². The number of hydrogen-bond acceptors (Lipinski definition) is 5. The molecule has 6 nitrogen and oxygen atoms in total. The fourth-order valence-electron chi connectivity index (χ4n) is 2.93. The van der Waals surface area contributed by atoms with Crippen LogP contribution in [0.3, 0.4) is 0 Å². The maximum atomic E-state index is 11.6. The standard InChI is InChI=1S/C22H20O6S/c1-13-19(27-12-18(23)24)21(22(25)26)29-20(13)16-9-6-10-17(11-16)28-14(2)15-7-4-3-5-8-15/h3-11,14H,12H2,1-2H3,(H,23,24)(H,25,26). The molecule has 29 heavy (non-hydrogen) atoms. The van der Waals surface area contributed by atoms with Crippen molar-refractivity contribution in [3.8, 4) is 21.9 Å². The van der Waals surface area contributed by atoms with Gasteiger partial charge >= 0.3 is 11.9 Å². The molecule has 0 aliphatic heterocycles. The summed E-state index contributed by atoms with van der Waals surface area (Å²) in [6.45, 7) is 3.07. The van der Waals surface area contributed by atoms with Crippen molar-refractivity contribution in [2.24, 2.45) is 0 Å². The lowest BCUT2D eigenvalue weighted by Crippen LogP contribution is -2.11. The van der Waals surface area contributed by atoms with Crippen LogP contribution in [-0.2, 0) is 4.79 Å². The highest BCUT2D eigenvalue weighted by Crippen LogP contribution is 2.42. The van der Waals surface area contributed by atoms with E-state index in [9.17, 15) is 14.7 Å². The lowest BCUT2D eigenvalue weighted by atomic mass is 10.1. The molecule has 0 saturated carbocycles. The normalized spacial score (nSPS) is 11.7. The molecule has 3 rings (SSSR count). The number of aliphatic carboxylic acids is 1. The minimum absolute atomic E-state index is 0.0253. The maximum absolute atomic E-state index is 11.6. The van der Waals surface area contributed by atoms with E-state index in [1.165, 1.54) is 0 Å². The summed E-state index contributed by atoms with van der Waals surface area (Å²) in [7, 11) is 0. The van der Waals surface area contributed by atoms with Gasteiger partial charge in [0.2, 0.25) is 0 Å². The van der Waals surface area contributed by atoms with Gasteiger partial charge in [-0.05, 0) is 37.1 Å². The van der Waals surface area contributed by atoms with Crippen LogP contribution in [-0.4, -0.2) is 28.8 Å². The van der Waals surface area contributed by atoms with E-state index in [-0.39, 0.29) is 16.7 Å². The molecule has 0 amide bonds. The zero-order chi connectivity index (χ0) is 21.0. The van der Waals surface area contributed by atoms with Crippen molar-refractivity contribution in [3.63, 3.8) is 0 Å². The summed E-state index contributed by atoms with van der Waals surface area (Å²) in [5, 5.41) is 18.3. The van der Waals surface area contributed by atoms with Crippen molar-refractivity contribution >= 4 is 23.3 Å². The summed E-state index contributed by atoms with van der Waals surface area (Å²) in [5.41, 5.74) is 2.41. The number of hydrogen-bond donors (Lipinski definition) is 2. The SMILES string of the molecule is Cc1c(-c2cccc(OC(C)c3ccccc3)c2)sc(C(=O)O)c1OCC(=O)O. The highest BCUT2D eigenvalue weighted by atomic mass is 32.1. The molecule has 0 aliphatic carbocycles. The molecule has 150 valence electrons. The Labute approximate surface area is 172 Å². The van der Waals surface area contributed by atoms with E-state index in [0.717, 1.165) is 22.5 Å². The van der Waals surface area contributed by atoms with Crippen LogP contribution >= 0.6 is 11.3 Å². The molecule has 1 heterocycles. The second kappa shape index (κ2) is 8.79. The first-order chi connectivity index (χ1) is 13.9. The van der Waals surface area contributed by atoms with E-state index in [1.807, 2.05) is 61.5 Å². The molecule has 0 fully saturated rings. The van der Waals surface area contributed by atoms with Crippen LogP contribution in [0.25, 0.3) is 10.4 Å². The molecule has 0 aliphatic rings. The summed E-state index contributed by atoms with van der Waals surface area (Å²) in [6.07, 6.45) is -0.153. The van der Waals surface area contributed by atoms with Gasteiger partial charge in [0.1, 0.15) is 17.6 Å². The molecule has 2 aromatic carbocycles. The lowest BCUT2D eigenvalue weighted by Gasteiger charge is -2.15. The number of benzene rings is 2. The quantitative estimate of drug-likeness (QED) is 0.539. The smallest absolute Gasteiger partial charge is 0.349 e. The minimum Gasteiger partial charge on any atom is -0.486 e. The molecular weight excluding hydrogens is 392 g/mol. The van der Waals surface area contributed by atoms with Crippen molar-refractivity contribution in [3.05, 3.63) is 70.6 Å². The Kier molecular flexibility index (Phi) is 6.19. The Morgan fingerprint density at radius 2 is 1.79 bits per heavy atom. The van der Waals surface area contributed by atoms with Gasteiger partial charge in [0.15, 0.2) is 11.5 Å². The van der Waals surface area contributed by atoms with Gasteiger partial charge in [0, 0.05) is 10.4 Å². The maximum Gasteiger partial charge on any atom is 0.349 e. The van der Waals surface area contributed by atoms with Gasteiger partial charge in [0.05, 0.1) is 0 Å². The second-order valence-electron chi connectivity index (χ2n) is 6.40. The first-order valence-electron chi connectivity index (χ1n) is 8.90. The van der Waals surface area contributed by atoms with Gasteiger partial charge in [-0.15, -0.1) is 11.3 Å². The summed E-state index contributed by atoms with van der Waals surface area (Å²) >= 11 is 1.05. The fraction of sp³-hybridized carbons (Fsp3) is 0.182. The molecule has 1 atom stereocenters. The molecule has 1 aromatic heterocycles. The summed E-state index contributed by atoms with van der Waals surface area (Å²) in [4.78, 5) is 23.1. The molecule has 2 N–H and O–H groups in total.